The largest absolute Gasteiger partial charge is 0.495 e. The van der Waals surface area contributed by atoms with Gasteiger partial charge < -0.3 is 20.7 Å². The van der Waals surface area contributed by atoms with E-state index in [2.05, 4.69) is 33.3 Å². The summed E-state index contributed by atoms with van der Waals surface area (Å²) < 4.78 is 5.48. The molecule has 1 saturated heterocycles. The quantitative estimate of drug-likeness (QED) is 0.598. The molecule has 0 unspecified atom stereocenters. The Hall–Kier alpha value is -2.24. The van der Waals surface area contributed by atoms with Gasteiger partial charge in [-0.2, -0.15) is 0 Å². The molecule has 0 radical (unpaired) electrons. The molecule has 0 spiro atoms. The molecule has 3 N–H and O–H groups in total. The number of methoxy groups -OCH3 is 1. The van der Waals surface area contributed by atoms with E-state index in [4.69, 9.17) is 10.5 Å². The van der Waals surface area contributed by atoms with Crippen molar-refractivity contribution in [1.29, 1.82) is 0 Å². The number of hydrogen-bond donors (Lipinski definition) is 2. The molecule has 0 aromatic heterocycles. The second-order valence-corrected chi connectivity index (χ2v) is 6.38. The Kier molecular flexibility index (Phi) is 6.14. The molecule has 0 bridgehead atoms. The van der Waals surface area contributed by atoms with E-state index in [1.54, 1.807) is 7.11 Å². The first-order chi connectivity index (χ1) is 12.3. The molecule has 1 fully saturated rings. The first-order valence-electron chi connectivity index (χ1n) is 8.92. The van der Waals surface area contributed by atoms with Crippen LogP contribution in [0.1, 0.15) is 5.56 Å². The van der Waals surface area contributed by atoms with Gasteiger partial charge in [-0.05, 0) is 23.8 Å². The van der Waals surface area contributed by atoms with Gasteiger partial charge in [0.2, 0.25) is 0 Å². The van der Waals surface area contributed by atoms with Crippen LogP contribution in [0.25, 0.3) is 0 Å². The number of nitrogens with zero attached hydrogens (tertiary/aromatic N) is 2. The van der Waals surface area contributed by atoms with E-state index < -0.39 is 0 Å². The lowest BCUT2D eigenvalue weighted by Gasteiger charge is -2.36. The molecule has 2 aromatic rings. The highest BCUT2D eigenvalue weighted by molar-refractivity contribution is 5.58. The van der Waals surface area contributed by atoms with Crippen molar-refractivity contribution in [3.63, 3.8) is 0 Å². The Morgan fingerprint density at radius 1 is 1.00 bits per heavy atom. The monoisotopic (exact) mass is 340 g/mol. The first kappa shape index (κ1) is 17.6. The third-order valence-corrected chi connectivity index (χ3v) is 4.77. The number of ether oxygens (including phenoxy) is 1. The molecule has 5 heteroatoms. The second-order valence-electron chi connectivity index (χ2n) is 6.38. The second kappa shape index (κ2) is 8.74. The van der Waals surface area contributed by atoms with Crippen LogP contribution in [0, 0.1) is 0 Å². The molecular formula is C20H28N4O. The van der Waals surface area contributed by atoms with Crippen molar-refractivity contribution in [3.8, 4) is 5.75 Å². The summed E-state index contributed by atoms with van der Waals surface area (Å²) in [7, 11) is 1.74. The Balaban J connectivity index is 1.40. The zero-order valence-corrected chi connectivity index (χ0v) is 14.9. The third-order valence-electron chi connectivity index (χ3n) is 4.77. The van der Waals surface area contributed by atoms with Gasteiger partial charge in [0.05, 0.1) is 12.8 Å². The highest BCUT2D eigenvalue weighted by atomic mass is 16.5. The van der Waals surface area contributed by atoms with Crippen LogP contribution in [0.3, 0.4) is 0 Å². The molecule has 0 aliphatic carbocycles. The lowest BCUT2D eigenvalue weighted by atomic mass is 10.2. The summed E-state index contributed by atoms with van der Waals surface area (Å²) in [6.45, 7) is 7.09. The van der Waals surface area contributed by atoms with Crippen molar-refractivity contribution in [3.05, 3.63) is 54.1 Å². The smallest absolute Gasteiger partial charge is 0.142 e. The minimum atomic E-state index is 0.827. The number of benzene rings is 2. The summed E-state index contributed by atoms with van der Waals surface area (Å²) in [6.07, 6.45) is 0. The number of nitrogens with one attached hydrogen (secondary N) is 1. The standard InChI is InChI=1S/C20H28N4O/c1-25-20-9-5-4-8-19(20)24-14-12-23(13-15-24)11-10-22-16-17-6-2-3-7-18(17)21/h2-9,22H,10-16,21H2,1H3. The van der Waals surface area contributed by atoms with Crippen LogP contribution < -0.4 is 20.7 Å². The summed E-state index contributed by atoms with van der Waals surface area (Å²) in [6, 6.07) is 16.3. The summed E-state index contributed by atoms with van der Waals surface area (Å²) in [5.41, 5.74) is 9.20. The Labute approximate surface area is 150 Å². The fraction of sp³-hybridized carbons (Fsp3) is 0.400. The van der Waals surface area contributed by atoms with Gasteiger partial charge in [0.25, 0.3) is 0 Å². The van der Waals surface area contributed by atoms with Gasteiger partial charge in [-0.25, -0.2) is 0 Å². The van der Waals surface area contributed by atoms with Gasteiger partial charge in [0, 0.05) is 51.5 Å². The molecule has 3 rings (SSSR count). The van der Waals surface area contributed by atoms with Crippen LogP contribution in [0.15, 0.2) is 48.5 Å². The normalized spacial score (nSPS) is 15.3. The van der Waals surface area contributed by atoms with Gasteiger partial charge >= 0.3 is 0 Å². The molecule has 0 atom stereocenters. The van der Waals surface area contributed by atoms with Gasteiger partial charge in [0.1, 0.15) is 5.75 Å². The molecule has 1 heterocycles. The van der Waals surface area contributed by atoms with E-state index in [0.29, 0.717) is 0 Å². The van der Waals surface area contributed by atoms with Crippen LogP contribution in [0.4, 0.5) is 11.4 Å². The fourth-order valence-electron chi connectivity index (χ4n) is 3.26. The predicted octanol–water partition coefficient (Wildman–Crippen LogP) is 2.19. The molecule has 25 heavy (non-hydrogen) atoms. The van der Waals surface area contributed by atoms with Crippen LogP contribution in [-0.2, 0) is 6.54 Å². The number of anilines is 2. The lowest BCUT2D eigenvalue weighted by Crippen LogP contribution is -2.48. The summed E-state index contributed by atoms with van der Waals surface area (Å²) in [5, 5.41) is 3.50. The maximum absolute atomic E-state index is 5.97. The zero-order chi connectivity index (χ0) is 17.5. The van der Waals surface area contributed by atoms with E-state index in [9.17, 15) is 0 Å². The fourth-order valence-corrected chi connectivity index (χ4v) is 3.26. The van der Waals surface area contributed by atoms with Gasteiger partial charge in [0.15, 0.2) is 0 Å². The average molecular weight is 340 g/mol. The van der Waals surface area contributed by atoms with Crippen molar-refractivity contribution < 1.29 is 4.74 Å². The van der Waals surface area contributed by atoms with Crippen LogP contribution in [0.2, 0.25) is 0 Å². The maximum atomic E-state index is 5.97. The number of rotatable bonds is 7. The van der Waals surface area contributed by atoms with E-state index >= 15 is 0 Å². The molecule has 2 aromatic carbocycles. The van der Waals surface area contributed by atoms with Crippen LogP contribution in [-0.4, -0.2) is 51.3 Å². The number of piperazine rings is 1. The third kappa shape index (κ3) is 4.65. The summed E-state index contributed by atoms with van der Waals surface area (Å²) in [4.78, 5) is 4.92. The molecule has 134 valence electrons. The number of nitrogen functional groups attached to an aromatic ring is 1. The average Bonchev–Trinajstić information content (AvgIpc) is 2.67. The molecule has 0 saturated carbocycles. The van der Waals surface area contributed by atoms with E-state index in [0.717, 1.165) is 57.3 Å². The predicted molar refractivity (Wildman–Crippen MR) is 104 cm³/mol. The van der Waals surface area contributed by atoms with Crippen LogP contribution in [0.5, 0.6) is 5.75 Å². The summed E-state index contributed by atoms with van der Waals surface area (Å²) in [5.74, 6) is 0.957. The highest BCUT2D eigenvalue weighted by Gasteiger charge is 2.18. The maximum Gasteiger partial charge on any atom is 0.142 e. The van der Waals surface area contributed by atoms with Crippen molar-refractivity contribution in [2.75, 3.05) is 57.0 Å². The first-order valence-corrected chi connectivity index (χ1v) is 8.92. The van der Waals surface area contributed by atoms with E-state index in [-0.39, 0.29) is 0 Å². The van der Waals surface area contributed by atoms with Crippen LogP contribution >= 0.6 is 0 Å². The summed E-state index contributed by atoms with van der Waals surface area (Å²) >= 11 is 0. The topological polar surface area (TPSA) is 53.8 Å². The van der Waals surface area contributed by atoms with E-state index in [1.165, 1.54) is 11.3 Å². The Bertz CT molecular complexity index is 668. The zero-order valence-electron chi connectivity index (χ0n) is 14.9. The lowest BCUT2D eigenvalue weighted by molar-refractivity contribution is 0.256. The Morgan fingerprint density at radius 3 is 2.48 bits per heavy atom. The van der Waals surface area contributed by atoms with Gasteiger partial charge in [-0.3, -0.25) is 4.90 Å². The molecule has 5 nitrogen and oxygen atoms in total. The van der Waals surface area contributed by atoms with Crippen molar-refractivity contribution in [1.82, 2.24) is 10.2 Å². The molecule has 1 aliphatic rings. The number of nitrogens with two attached hydrogens (primary N) is 1. The minimum absolute atomic E-state index is 0.827. The highest BCUT2D eigenvalue weighted by Crippen LogP contribution is 2.28. The van der Waals surface area contributed by atoms with Gasteiger partial charge in [-0.15, -0.1) is 0 Å². The minimum Gasteiger partial charge on any atom is -0.495 e. The number of para-hydroxylation sites is 3. The van der Waals surface area contributed by atoms with E-state index in [1.807, 2.05) is 30.3 Å². The Morgan fingerprint density at radius 2 is 1.72 bits per heavy atom. The van der Waals surface area contributed by atoms with Crippen molar-refractivity contribution in [2.45, 2.75) is 6.54 Å². The number of hydrogen-bond acceptors (Lipinski definition) is 5. The van der Waals surface area contributed by atoms with Crippen molar-refractivity contribution in [2.24, 2.45) is 0 Å². The van der Waals surface area contributed by atoms with Gasteiger partial charge in [-0.1, -0.05) is 30.3 Å². The molecule has 1 aliphatic heterocycles. The van der Waals surface area contributed by atoms with Crippen molar-refractivity contribution >= 4 is 11.4 Å². The molecular weight excluding hydrogens is 312 g/mol. The SMILES string of the molecule is COc1ccccc1N1CCN(CCNCc2ccccc2N)CC1. The molecule has 0 amide bonds.